The molecule has 0 spiro atoms. The summed E-state index contributed by atoms with van der Waals surface area (Å²) in [4.78, 5) is 32.3. The molecule has 2 aromatic carbocycles. The van der Waals surface area contributed by atoms with Gasteiger partial charge in [-0.3, -0.25) is 9.59 Å². The highest BCUT2D eigenvalue weighted by atomic mass is 16.5. The van der Waals surface area contributed by atoms with Gasteiger partial charge in [0.25, 0.3) is 0 Å². The minimum absolute atomic E-state index is 0.0337. The van der Waals surface area contributed by atoms with Crippen molar-refractivity contribution in [2.24, 2.45) is 11.8 Å². The van der Waals surface area contributed by atoms with Gasteiger partial charge in [-0.15, -0.1) is 0 Å². The highest BCUT2D eigenvalue weighted by Gasteiger charge is 2.38. The van der Waals surface area contributed by atoms with Crippen LogP contribution in [0.15, 0.2) is 54.6 Å². The van der Waals surface area contributed by atoms with Gasteiger partial charge in [0.2, 0.25) is 11.8 Å². The van der Waals surface area contributed by atoms with Crippen molar-refractivity contribution in [3.05, 3.63) is 65.9 Å². The predicted molar refractivity (Wildman–Crippen MR) is 131 cm³/mol. The van der Waals surface area contributed by atoms with E-state index in [0.717, 1.165) is 17.6 Å². The SMILES string of the molecule is COc1ccc(OC)c(NC(=O)C2CC=CCC2C(=O)N2CCc3c([nH]c4ccccc34)C2)c1. The zero-order chi connectivity index (χ0) is 23.7. The Bertz CT molecular complexity index is 1260. The Balaban J connectivity index is 1.34. The van der Waals surface area contributed by atoms with Gasteiger partial charge in [-0.2, -0.15) is 0 Å². The minimum Gasteiger partial charge on any atom is -0.497 e. The number of hydrogen-bond donors (Lipinski definition) is 2. The van der Waals surface area contributed by atoms with Gasteiger partial charge in [-0.05, 0) is 43.0 Å². The van der Waals surface area contributed by atoms with E-state index in [1.807, 2.05) is 29.2 Å². The first-order valence-electron chi connectivity index (χ1n) is 11.6. The summed E-state index contributed by atoms with van der Waals surface area (Å²) in [6.45, 7) is 1.20. The topological polar surface area (TPSA) is 83.7 Å². The van der Waals surface area contributed by atoms with E-state index in [0.29, 0.717) is 43.1 Å². The van der Waals surface area contributed by atoms with Gasteiger partial charge in [-0.1, -0.05) is 30.4 Å². The molecule has 0 saturated heterocycles. The van der Waals surface area contributed by atoms with E-state index in [9.17, 15) is 9.59 Å². The van der Waals surface area contributed by atoms with Crippen molar-refractivity contribution in [1.82, 2.24) is 9.88 Å². The van der Waals surface area contributed by atoms with E-state index in [1.54, 1.807) is 32.4 Å². The Morgan fingerprint density at radius 1 is 1.03 bits per heavy atom. The van der Waals surface area contributed by atoms with Crippen LogP contribution in [0.1, 0.15) is 24.1 Å². The lowest BCUT2D eigenvalue weighted by Crippen LogP contribution is -2.45. The molecule has 2 heterocycles. The molecule has 3 aromatic rings. The summed E-state index contributed by atoms with van der Waals surface area (Å²) in [7, 11) is 3.13. The molecule has 1 aromatic heterocycles. The molecular weight excluding hydrogens is 430 g/mol. The van der Waals surface area contributed by atoms with Crippen molar-refractivity contribution in [3.63, 3.8) is 0 Å². The maximum atomic E-state index is 13.6. The number of amides is 2. The molecule has 1 aliphatic carbocycles. The summed E-state index contributed by atoms with van der Waals surface area (Å²) in [5, 5.41) is 4.20. The smallest absolute Gasteiger partial charge is 0.228 e. The van der Waals surface area contributed by atoms with E-state index in [-0.39, 0.29) is 11.8 Å². The maximum Gasteiger partial charge on any atom is 0.228 e. The van der Waals surface area contributed by atoms with Gasteiger partial charge >= 0.3 is 0 Å². The molecule has 1 aliphatic heterocycles. The monoisotopic (exact) mass is 459 g/mol. The van der Waals surface area contributed by atoms with Crippen LogP contribution in [-0.4, -0.2) is 42.5 Å². The third kappa shape index (κ3) is 4.02. The van der Waals surface area contributed by atoms with Crippen LogP contribution in [-0.2, 0) is 22.6 Å². The molecule has 0 radical (unpaired) electrons. The fraction of sp³-hybridized carbons (Fsp3) is 0.333. The fourth-order valence-corrected chi connectivity index (χ4v) is 5.13. The molecule has 0 bridgehead atoms. The van der Waals surface area contributed by atoms with Gasteiger partial charge in [-0.25, -0.2) is 0 Å². The number of hydrogen-bond acceptors (Lipinski definition) is 4. The number of anilines is 1. The zero-order valence-electron chi connectivity index (χ0n) is 19.5. The summed E-state index contributed by atoms with van der Waals surface area (Å²) in [6.07, 6.45) is 5.90. The molecule has 7 heteroatoms. The Kier molecular flexibility index (Phi) is 6.01. The number of nitrogens with zero attached hydrogens (tertiary/aromatic N) is 1. The molecule has 0 saturated carbocycles. The number of aromatic nitrogens is 1. The fourth-order valence-electron chi connectivity index (χ4n) is 5.13. The number of rotatable bonds is 5. The minimum atomic E-state index is -0.447. The van der Waals surface area contributed by atoms with E-state index in [1.165, 1.54) is 10.9 Å². The van der Waals surface area contributed by atoms with Crippen LogP contribution >= 0.6 is 0 Å². The second-order valence-corrected chi connectivity index (χ2v) is 8.85. The van der Waals surface area contributed by atoms with E-state index in [2.05, 4.69) is 22.4 Å². The average Bonchev–Trinajstić information content (AvgIpc) is 3.26. The second-order valence-electron chi connectivity index (χ2n) is 8.85. The molecule has 5 rings (SSSR count). The lowest BCUT2D eigenvalue weighted by molar-refractivity contribution is -0.141. The van der Waals surface area contributed by atoms with Crippen molar-refractivity contribution in [2.45, 2.75) is 25.8 Å². The number of benzene rings is 2. The number of methoxy groups -OCH3 is 2. The zero-order valence-corrected chi connectivity index (χ0v) is 19.5. The standard InChI is InChI=1S/C27H29N3O4/c1-33-17-11-12-25(34-2)23(15-17)29-26(31)20-8-3-4-9-21(20)27(32)30-14-13-19-18-7-5-6-10-22(18)28-24(19)16-30/h3-7,10-12,15,20-21,28H,8-9,13-14,16H2,1-2H3,(H,29,31). The normalized spacial score (nSPS) is 19.5. The number of carbonyl (C=O) groups excluding carboxylic acids is 2. The summed E-state index contributed by atoms with van der Waals surface area (Å²) in [5.41, 5.74) is 4.03. The van der Waals surface area contributed by atoms with Crippen molar-refractivity contribution < 1.29 is 19.1 Å². The van der Waals surface area contributed by atoms with E-state index < -0.39 is 11.8 Å². The molecule has 7 nitrogen and oxygen atoms in total. The van der Waals surface area contributed by atoms with E-state index in [4.69, 9.17) is 9.47 Å². The maximum absolute atomic E-state index is 13.6. The Morgan fingerprint density at radius 2 is 1.82 bits per heavy atom. The Morgan fingerprint density at radius 3 is 2.62 bits per heavy atom. The summed E-state index contributed by atoms with van der Waals surface area (Å²) < 4.78 is 10.7. The molecule has 2 aliphatic rings. The summed E-state index contributed by atoms with van der Waals surface area (Å²) >= 11 is 0. The van der Waals surface area contributed by atoms with Crippen molar-refractivity contribution >= 4 is 28.4 Å². The molecule has 0 fully saturated rings. The first kappa shape index (κ1) is 22.1. The quantitative estimate of drug-likeness (QED) is 0.558. The van der Waals surface area contributed by atoms with E-state index >= 15 is 0 Å². The third-order valence-electron chi connectivity index (χ3n) is 6.95. The molecule has 2 N–H and O–H groups in total. The molecule has 34 heavy (non-hydrogen) atoms. The number of allylic oxidation sites excluding steroid dienone is 2. The van der Waals surface area contributed by atoms with Gasteiger partial charge in [0.1, 0.15) is 11.5 Å². The lowest BCUT2D eigenvalue weighted by atomic mass is 9.81. The van der Waals surface area contributed by atoms with Crippen molar-refractivity contribution in [1.29, 1.82) is 0 Å². The van der Waals surface area contributed by atoms with Crippen LogP contribution in [0.3, 0.4) is 0 Å². The van der Waals surface area contributed by atoms with Gasteiger partial charge in [0.05, 0.1) is 38.3 Å². The number of fused-ring (bicyclic) bond motifs is 3. The Hall–Kier alpha value is -3.74. The largest absolute Gasteiger partial charge is 0.497 e. The predicted octanol–water partition coefficient (Wildman–Crippen LogP) is 4.29. The number of carbonyl (C=O) groups is 2. The van der Waals surface area contributed by atoms with Crippen LogP contribution in [0, 0.1) is 11.8 Å². The van der Waals surface area contributed by atoms with Crippen LogP contribution in [0.5, 0.6) is 11.5 Å². The van der Waals surface area contributed by atoms with Gasteiger partial charge < -0.3 is 24.7 Å². The number of aromatic amines is 1. The highest BCUT2D eigenvalue weighted by Crippen LogP contribution is 2.34. The molecule has 2 amide bonds. The molecule has 176 valence electrons. The number of H-pyrrole nitrogens is 1. The molecule has 2 atom stereocenters. The highest BCUT2D eigenvalue weighted by molar-refractivity contribution is 5.97. The van der Waals surface area contributed by atoms with Crippen molar-refractivity contribution in [3.8, 4) is 11.5 Å². The first-order valence-corrected chi connectivity index (χ1v) is 11.6. The number of ether oxygens (including phenoxy) is 2. The molecular formula is C27H29N3O4. The molecule has 2 unspecified atom stereocenters. The van der Waals surface area contributed by atoms with Gasteiger partial charge in [0.15, 0.2) is 0 Å². The summed E-state index contributed by atoms with van der Waals surface area (Å²) in [6, 6.07) is 13.5. The number of nitrogens with one attached hydrogen (secondary N) is 2. The summed E-state index contributed by atoms with van der Waals surface area (Å²) in [5.74, 6) is 0.175. The second kappa shape index (κ2) is 9.25. The van der Waals surface area contributed by atoms with Crippen LogP contribution in [0.25, 0.3) is 10.9 Å². The van der Waals surface area contributed by atoms with Crippen LogP contribution < -0.4 is 14.8 Å². The van der Waals surface area contributed by atoms with Crippen molar-refractivity contribution in [2.75, 3.05) is 26.1 Å². The third-order valence-corrected chi connectivity index (χ3v) is 6.95. The van der Waals surface area contributed by atoms with Crippen LogP contribution in [0.4, 0.5) is 5.69 Å². The van der Waals surface area contributed by atoms with Gasteiger partial charge in [0, 0.05) is 29.2 Å². The number of para-hydroxylation sites is 1. The Labute approximate surface area is 198 Å². The average molecular weight is 460 g/mol. The lowest BCUT2D eigenvalue weighted by Gasteiger charge is -2.34. The van der Waals surface area contributed by atoms with Crippen LogP contribution in [0.2, 0.25) is 0 Å². The first-order chi connectivity index (χ1) is 16.6.